The Morgan fingerprint density at radius 3 is 2.62 bits per heavy atom. The molecule has 3 heteroatoms. The molecule has 0 saturated heterocycles. The van der Waals surface area contributed by atoms with Crippen molar-refractivity contribution in [1.29, 1.82) is 0 Å². The van der Waals surface area contributed by atoms with Crippen LogP contribution in [0.1, 0.15) is 28.4 Å². The van der Waals surface area contributed by atoms with Gasteiger partial charge in [0.2, 0.25) is 0 Å². The molecule has 0 unspecified atom stereocenters. The van der Waals surface area contributed by atoms with Gasteiger partial charge in [0.15, 0.2) is 0 Å². The van der Waals surface area contributed by atoms with E-state index in [4.69, 9.17) is 5.11 Å². The number of carbonyl (C=O) groups is 1. The Morgan fingerprint density at radius 2 is 2.15 bits per heavy atom. The minimum absolute atomic E-state index is 0.374. The van der Waals surface area contributed by atoms with Crippen molar-refractivity contribution >= 4 is 21.9 Å². The first kappa shape index (κ1) is 10.3. The highest BCUT2D eigenvalue weighted by Gasteiger charge is 2.13. The molecule has 0 heterocycles. The van der Waals surface area contributed by atoms with Crippen LogP contribution in [-0.4, -0.2) is 11.1 Å². The first-order valence-electron chi connectivity index (χ1n) is 4.09. The van der Waals surface area contributed by atoms with E-state index in [-0.39, 0.29) is 0 Å². The fourth-order valence-corrected chi connectivity index (χ4v) is 2.15. The third-order valence-corrected chi connectivity index (χ3v) is 2.93. The summed E-state index contributed by atoms with van der Waals surface area (Å²) in [7, 11) is 0. The van der Waals surface area contributed by atoms with Crippen LogP contribution in [0.15, 0.2) is 16.6 Å². The van der Waals surface area contributed by atoms with Crippen LogP contribution in [0.3, 0.4) is 0 Å². The fraction of sp³-hybridized carbons (Fsp3) is 0.300. The number of aryl methyl sites for hydroxylation is 2. The second-order valence-electron chi connectivity index (χ2n) is 2.89. The SMILES string of the molecule is CCc1ccc(C)c(C(=O)O)c1Br. The van der Waals surface area contributed by atoms with Gasteiger partial charge in [-0.25, -0.2) is 4.79 Å². The molecule has 0 radical (unpaired) electrons. The number of aromatic carboxylic acids is 1. The number of rotatable bonds is 2. The van der Waals surface area contributed by atoms with Gasteiger partial charge >= 0.3 is 5.97 Å². The van der Waals surface area contributed by atoms with Gasteiger partial charge in [-0.2, -0.15) is 0 Å². The number of benzene rings is 1. The zero-order chi connectivity index (χ0) is 10.0. The lowest BCUT2D eigenvalue weighted by atomic mass is 10.0. The number of carboxylic acids is 1. The van der Waals surface area contributed by atoms with Gasteiger partial charge in [0, 0.05) is 4.47 Å². The Balaban J connectivity index is 3.38. The predicted molar refractivity (Wildman–Crippen MR) is 55.2 cm³/mol. The van der Waals surface area contributed by atoms with Gasteiger partial charge in [-0.3, -0.25) is 0 Å². The molecule has 0 bridgehead atoms. The van der Waals surface area contributed by atoms with E-state index in [2.05, 4.69) is 15.9 Å². The molecule has 1 aromatic carbocycles. The molecule has 70 valence electrons. The van der Waals surface area contributed by atoms with Crippen molar-refractivity contribution in [3.63, 3.8) is 0 Å². The van der Waals surface area contributed by atoms with Gasteiger partial charge in [-0.15, -0.1) is 0 Å². The van der Waals surface area contributed by atoms with Crippen molar-refractivity contribution in [2.75, 3.05) is 0 Å². The molecule has 0 aliphatic heterocycles. The van der Waals surface area contributed by atoms with Crippen molar-refractivity contribution in [2.24, 2.45) is 0 Å². The Kier molecular flexibility index (Phi) is 3.09. The first-order valence-corrected chi connectivity index (χ1v) is 4.88. The van der Waals surface area contributed by atoms with Crippen molar-refractivity contribution < 1.29 is 9.90 Å². The summed E-state index contributed by atoms with van der Waals surface area (Å²) < 4.78 is 0.711. The molecule has 0 atom stereocenters. The maximum Gasteiger partial charge on any atom is 0.337 e. The average molecular weight is 243 g/mol. The Hall–Kier alpha value is -0.830. The predicted octanol–water partition coefficient (Wildman–Crippen LogP) is 3.02. The number of hydrogen-bond donors (Lipinski definition) is 1. The molecule has 2 nitrogen and oxygen atoms in total. The summed E-state index contributed by atoms with van der Waals surface area (Å²) in [4.78, 5) is 10.9. The van der Waals surface area contributed by atoms with Crippen LogP contribution < -0.4 is 0 Å². The zero-order valence-electron chi connectivity index (χ0n) is 7.60. The second-order valence-corrected chi connectivity index (χ2v) is 3.68. The second kappa shape index (κ2) is 3.92. The summed E-state index contributed by atoms with van der Waals surface area (Å²) in [5.41, 5.74) is 2.19. The lowest BCUT2D eigenvalue weighted by Crippen LogP contribution is -2.03. The van der Waals surface area contributed by atoms with E-state index in [1.165, 1.54) is 0 Å². The molecule has 0 aliphatic carbocycles. The Labute approximate surface area is 85.7 Å². The normalized spacial score (nSPS) is 10.1. The molecule has 0 spiro atoms. The summed E-state index contributed by atoms with van der Waals surface area (Å²) in [6.07, 6.45) is 0.834. The average Bonchev–Trinajstić information content (AvgIpc) is 2.04. The molecule has 0 saturated carbocycles. The van der Waals surface area contributed by atoms with E-state index in [1.807, 2.05) is 19.1 Å². The lowest BCUT2D eigenvalue weighted by Gasteiger charge is -2.07. The molecule has 0 amide bonds. The van der Waals surface area contributed by atoms with Crippen LogP contribution in [0.2, 0.25) is 0 Å². The number of halogens is 1. The summed E-state index contributed by atoms with van der Waals surface area (Å²) in [5, 5.41) is 8.94. The summed E-state index contributed by atoms with van der Waals surface area (Å²) in [6.45, 7) is 3.80. The van der Waals surface area contributed by atoms with Crippen molar-refractivity contribution in [3.8, 4) is 0 Å². The van der Waals surface area contributed by atoms with Gasteiger partial charge in [0.25, 0.3) is 0 Å². The molecule has 0 aromatic heterocycles. The highest BCUT2D eigenvalue weighted by Crippen LogP contribution is 2.25. The Morgan fingerprint density at radius 1 is 1.54 bits per heavy atom. The lowest BCUT2D eigenvalue weighted by molar-refractivity contribution is 0.0695. The summed E-state index contributed by atoms with van der Waals surface area (Å²) in [5.74, 6) is -0.875. The highest BCUT2D eigenvalue weighted by molar-refractivity contribution is 9.10. The summed E-state index contributed by atoms with van der Waals surface area (Å²) >= 11 is 3.31. The standard InChI is InChI=1S/C10H11BrO2/c1-3-7-5-4-6(2)8(9(7)11)10(12)13/h4-5H,3H2,1-2H3,(H,12,13). The van der Waals surface area contributed by atoms with Gasteiger partial charge in [0.05, 0.1) is 5.56 Å². The van der Waals surface area contributed by atoms with Crippen LogP contribution in [0.4, 0.5) is 0 Å². The third kappa shape index (κ3) is 1.91. The molecule has 0 aliphatic rings. The van der Waals surface area contributed by atoms with Crippen molar-refractivity contribution in [2.45, 2.75) is 20.3 Å². The van der Waals surface area contributed by atoms with E-state index >= 15 is 0 Å². The minimum Gasteiger partial charge on any atom is -0.478 e. The van der Waals surface area contributed by atoms with E-state index in [0.29, 0.717) is 10.0 Å². The highest BCUT2D eigenvalue weighted by atomic mass is 79.9. The molecule has 1 N–H and O–H groups in total. The maximum atomic E-state index is 10.9. The molecule has 1 rings (SSSR count). The number of carboxylic acid groups (broad SMARTS) is 1. The fourth-order valence-electron chi connectivity index (χ4n) is 1.25. The minimum atomic E-state index is -0.875. The van der Waals surface area contributed by atoms with Crippen LogP contribution >= 0.6 is 15.9 Å². The van der Waals surface area contributed by atoms with E-state index < -0.39 is 5.97 Å². The van der Waals surface area contributed by atoms with E-state index in [1.54, 1.807) is 6.92 Å². The van der Waals surface area contributed by atoms with Crippen molar-refractivity contribution in [3.05, 3.63) is 33.3 Å². The number of hydrogen-bond acceptors (Lipinski definition) is 1. The van der Waals surface area contributed by atoms with E-state index in [9.17, 15) is 4.79 Å². The van der Waals surface area contributed by atoms with Crippen LogP contribution in [0, 0.1) is 6.92 Å². The van der Waals surface area contributed by atoms with Gasteiger partial charge in [-0.05, 0) is 40.4 Å². The third-order valence-electron chi connectivity index (χ3n) is 2.03. The quantitative estimate of drug-likeness (QED) is 0.866. The van der Waals surface area contributed by atoms with E-state index in [0.717, 1.165) is 17.5 Å². The zero-order valence-corrected chi connectivity index (χ0v) is 9.18. The van der Waals surface area contributed by atoms with Gasteiger partial charge < -0.3 is 5.11 Å². The van der Waals surface area contributed by atoms with Crippen LogP contribution in [-0.2, 0) is 6.42 Å². The first-order chi connectivity index (χ1) is 6.07. The molecule has 1 aromatic rings. The maximum absolute atomic E-state index is 10.9. The largest absolute Gasteiger partial charge is 0.478 e. The Bertz CT molecular complexity index is 345. The molecular formula is C10H11BrO2. The van der Waals surface area contributed by atoms with Crippen LogP contribution in [0.5, 0.6) is 0 Å². The molecule has 0 fully saturated rings. The smallest absolute Gasteiger partial charge is 0.337 e. The molecular weight excluding hydrogens is 232 g/mol. The van der Waals surface area contributed by atoms with Crippen molar-refractivity contribution in [1.82, 2.24) is 0 Å². The van der Waals surface area contributed by atoms with Gasteiger partial charge in [-0.1, -0.05) is 19.1 Å². The van der Waals surface area contributed by atoms with Crippen LogP contribution in [0.25, 0.3) is 0 Å². The topological polar surface area (TPSA) is 37.3 Å². The summed E-state index contributed by atoms with van der Waals surface area (Å²) in [6, 6.07) is 3.79. The monoisotopic (exact) mass is 242 g/mol. The van der Waals surface area contributed by atoms with Gasteiger partial charge in [0.1, 0.15) is 0 Å². The molecule has 13 heavy (non-hydrogen) atoms.